The molecule has 0 bridgehead atoms. The number of hydrogen-bond acceptors (Lipinski definition) is 4. The Kier molecular flexibility index (Phi) is 3.91. The van der Waals surface area contributed by atoms with Crippen molar-refractivity contribution in [2.45, 2.75) is 70.2 Å². The van der Waals surface area contributed by atoms with Crippen molar-refractivity contribution in [1.82, 2.24) is 10.2 Å². The van der Waals surface area contributed by atoms with E-state index >= 15 is 0 Å². The van der Waals surface area contributed by atoms with Gasteiger partial charge in [0.2, 0.25) is 0 Å². The molecule has 5 heteroatoms. The first-order valence-electron chi connectivity index (χ1n) is 7.45. The van der Waals surface area contributed by atoms with Gasteiger partial charge in [0.25, 0.3) is 0 Å². The van der Waals surface area contributed by atoms with Crippen molar-refractivity contribution in [2.24, 2.45) is 0 Å². The van der Waals surface area contributed by atoms with Gasteiger partial charge in [-0.15, -0.1) is 0 Å². The van der Waals surface area contributed by atoms with Crippen molar-refractivity contribution in [3.8, 4) is 0 Å². The smallest absolute Gasteiger partial charge is 0.324 e. The number of carboxylic acid groups (broad SMARTS) is 1. The third-order valence-electron chi connectivity index (χ3n) is 3.87. The summed E-state index contributed by atoms with van der Waals surface area (Å²) in [5, 5.41) is 12.9. The maximum Gasteiger partial charge on any atom is 0.324 e. The molecule has 0 amide bonds. The molecule has 0 aromatic heterocycles. The standard InChI is InChI=1S/C15H28N2O3/c1-13(2)8-17(9-14(3,4)20-13)10-15(5,12(18)19)16-11-6-7-11/h11,16H,6-10H2,1-5H3,(H,18,19). The quantitative estimate of drug-likeness (QED) is 0.800. The van der Waals surface area contributed by atoms with E-state index in [-0.39, 0.29) is 11.2 Å². The predicted molar refractivity (Wildman–Crippen MR) is 77.9 cm³/mol. The molecule has 116 valence electrons. The molecule has 1 saturated carbocycles. The Morgan fingerprint density at radius 1 is 1.30 bits per heavy atom. The molecular formula is C15H28N2O3. The van der Waals surface area contributed by atoms with Crippen LogP contribution in [-0.2, 0) is 9.53 Å². The minimum Gasteiger partial charge on any atom is -0.480 e. The largest absolute Gasteiger partial charge is 0.480 e. The van der Waals surface area contributed by atoms with Crippen LogP contribution in [-0.4, -0.2) is 58.4 Å². The van der Waals surface area contributed by atoms with Crippen LogP contribution < -0.4 is 5.32 Å². The summed E-state index contributed by atoms with van der Waals surface area (Å²) >= 11 is 0. The number of hydrogen-bond donors (Lipinski definition) is 2. The van der Waals surface area contributed by atoms with Gasteiger partial charge >= 0.3 is 5.97 Å². The van der Waals surface area contributed by atoms with Crippen LogP contribution >= 0.6 is 0 Å². The van der Waals surface area contributed by atoms with Crippen LogP contribution in [0.15, 0.2) is 0 Å². The summed E-state index contributed by atoms with van der Waals surface area (Å²) in [7, 11) is 0. The number of ether oxygens (including phenoxy) is 1. The summed E-state index contributed by atoms with van der Waals surface area (Å²) in [6, 6.07) is 0.373. The molecule has 2 aliphatic rings. The zero-order valence-electron chi connectivity index (χ0n) is 13.3. The van der Waals surface area contributed by atoms with Crippen LogP contribution in [0, 0.1) is 0 Å². The highest BCUT2D eigenvalue weighted by atomic mass is 16.5. The van der Waals surface area contributed by atoms with Crippen molar-refractivity contribution in [3.63, 3.8) is 0 Å². The van der Waals surface area contributed by atoms with Gasteiger partial charge in [0.15, 0.2) is 0 Å². The molecule has 0 radical (unpaired) electrons. The van der Waals surface area contributed by atoms with Crippen LogP contribution in [0.2, 0.25) is 0 Å². The normalized spacial score (nSPS) is 28.9. The molecule has 20 heavy (non-hydrogen) atoms. The fraction of sp³-hybridized carbons (Fsp3) is 0.933. The van der Waals surface area contributed by atoms with Crippen LogP contribution in [0.25, 0.3) is 0 Å². The van der Waals surface area contributed by atoms with Gasteiger partial charge in [0.05, 0.1) is 11.2 Å². The monoisotopic (exact) mass is 284 g/mol. The fourth-order valence-corrected chi connectivity index (χ4v) is 3.36. The summed E-state index contributed by atoms with van der Waals surface area (Å²) in [5.41, 5.74) is -1.38. The second-order valence-corrected chi connectivity index (χ2v) is 7.82. The van der Waals surface area contributed by atoms with Gasteiger partial charge in [-0.2, -0.15) is 0 Å². The van der Waals surface area contributed by atoms with Gasteiger partial charge in [0, 0.05) is 25.7 Å². The van der Waals surface area contributed by atoms with E-state index in [1.807, 2.05) is 0 Å². The van der Waals surface area contributed by atoms with Gasteiger partial charge in [-0.1, -0.05) is 0 Å². The number of aliphatic carboxylic acids is 1. The maximum absolute atomic E-state index is 11.7. The topological polar surface area (TPSA) is 61.8 Å². The van der Waals surface area contributed by atoms with Gasteiger partial charge in [-0.05, 0) is 47.5 Å². The SMILES string of the molecule is CC1(C)CN(CC(C)(NC2CC2)C(=O)O)CC(C)(C)O1. The van der Waals surface area contributed by atoms with Crippen molar-refractivity contribution in [1.29, 1.82) is 0 Å². The van der Waals surface area contributed by atoms with Gasteiger partial charge < -0.3 is 9.84 Å². The summed E-state index contributed by atoms with van der Waals surface area (Å²) in [6.07, 6.45) is 2.17. The molecular weight excluding hydrogens is 256 g/mol. The van der Waals surface area contributed by atoms with E-state index in [4.69, 9.17) is 4.74 Å². The lowest BCUT2D eigenvalue weighted by Crippen LogP contribution is -2.64. The molecule has 0 aromatic carbocycles. The summed E-state index contributed by atoms with van der Waals surface area (Å²) in [4.78, 5) is 13.9. The number of nitrogens with one attached hydrogen (secondary N) is 1. The fourth-order valence-electron chi connectivity index (χ4n) is 3.36. The Balaban J connectivity index is 2.07. The minimum absolute atomic E-state index is 0.249. The molecule has 5 nitrogen and oxygen atoms in total. The lowest BCUT2D eigenvalue weighted by atomic mass is 9.95. The predicted octanol–water partition coefficient (Wildman–Crippen LogP) is 1.47. The average Bonchev–Trinajstić information content (AvgIpc) is 2.95. The van der Waals surface area contributed by atoms with E-state index in [1.54, 1.807) is 6.92 Å². The summed E-state index contributed by atoms with van der Waals surface area (Å²) in [5.74, 6) is -0.772. The average molecular weight is 284 g/mol. The zero-order valence-corrected chi connectivity index (χ0v) is 13.3. The molecule has 1 saturated heterocycles. The van der Waals surface area contributed by atoms with E-state index in [0.29, 0.717) is 12.6 Å². The molecule has 1 unspecified atom stereocenters. The molecule has 2 rings (SSSR count). The maximum atomic E-state index is 11.7. The molecule has 1 aliphatic heterocycles. The Morgan fingerprint density at radius 2 is 1.80 bits per heavy atom. The first-order chi connectivity index (χ1) is 9.01. The number of carboxylic acids is 1. The molecule has 0 spiro atoms. The zero-order chi connectivity index (χ0) is 15.2. The van der Waals surface area contributed by atoms with Crippen LogP contribution in [0.5, 0.6) is 0 Å². The van der Waals surface area contributed by atoms with E-state index in [2.05, 4.69) is 37.9 Å². The highest BCUT2D eigenvalue weighted by Gasteiger charge is 2.44. The first-order valence-corrected chi connectivity index (χ1v) is 7.45. The van der Waals surface area contributed by atoms with E-state index in [1.165, 1.54) is 0 Å². The third-order valence-corrected chi connectivity index (χ3v) is 3.87. The van der Waals surface area contributed by atoms with E-state index < -0.39 is 11.5 Å². The van der Waals surface area contributed by atoms with Crippen molar-refractivity contribution < 1.29 is 14.6 Å². The number of nitrogens with zero attached hydrogens (tertiary/aromatic N) is 1. The van der Waals surface area contributed by atoms with Crippen LogP contribution in [0.1, 0.15) is 47.5 Å². The Morgan fingerprint density at radius 3 is 2.20 bits per heavy atom. The third kappa shape index (κ3) is 3.93. The molecule has 1 heterocycles. The summed E-state index contributed by atoms with van der Waals surface area (Å²) in [6.45, 7) is 12.1. The second kappa shape index (κ2) is 4.97. The van der Waals surface area contributed by atoms with Crippen molar-refractivity contribution in [2.75, 3.05) is 19.6 Å². The van der Waals surface area contributed by atoms with E-state index in [0.717, 1.165) is 25.9 Å². The van der Waals surface area contributed by atoms with Crippen LogP contribution in [0.3, 0.4) is 0 Å². The highest BCUT2D eigenvalue weighted by Crippen LogP contribution is 2.30. The Hall–Kier alpha value is -0.650. The minimum atomic E-state index is -0.884. The molecule has 2 N–H and O–H groups in total. The number of rotatable bonds is 5. The van der Waals surface area contributed by atoms with E-state index in [9.17, 15) is 9.90 Å². The van der Waals surface area contributed by atoms with Crippen molar-refractivity contribution >= 4 is 5.97 Å². The first kappa shape index (κ1) is 15.7. The number of carbonyl (C=O) groups is 1. The Bertz CT molecular complexity index is 375. The highest BCUT2D eigenvalue weighted by molar-refractivity contribution is 5.78. The number of morpholine rings is 1. The second-order valence-electron chi connectivity index (χ2n) is 7.82. The molecule has 0 aromatic rings. The van der Waals surface area contributed by atoms with Gasteiger partial charge in [0.1, 0.15) is 5.54 Å². The molecule has 1 atom stereocenters. The van der Waals surface area contributed by atoms with Crippen LogP contribution in [0.4, 0.5) is 0 Å². The van der Waals surface area contributed by atoms with Gasteiger partial charge in [-0.3, -0.25) is 15.0 Å². The Labute approximate surface area is 121 Å². The summed E-state index contributed by atoms with van der Waals surface area (Å²) < 4.78 is 6.05. The van der Waals surface area contributed by atoms with Crippen molar-refractivity contribution in [3.05, 3.63) is 0 Å². The lowest BCUT2D eigenvalue weighted by Gasteiger charge is -2.48. The molecule has 2 fully saturated rings. The van der Waals surface area contributed by atoms with Gasteiger partial charge in [-0.25, -0.2) is 0 Å². The lowest BCUT2D eigenvalue weighted by molar-refractivity contribution is -0.185. The molecule has 1 aliphatic carbocycles.